The van der Waals surface area contributed by atoms with Crippen molar-refractivity contribution in [2.24, 2.45) is 0 Å². The van der Waals surface area contributed by atoms with Gasteiger partial charge in [0.25, 0.3) is 5.56 Å². The van der Waals surface area contributed by atoms with Crippen molar-refractivity contribution in [3.05, 3.63) is 63.5 Å². The van der Waals surface area contributed by atoms with E-state index in [1.807, 2.05) is 0 Å². The first-order chi connectivity index (χ1) is 12.3. The second-order valence-corrected chi connectivity index (χ2v) is 6.38. The standard InChI is InChI=1S/C17H13F3N2O3S/c18-17(19,20)12-3-1-11(2-4-12)9-25-14(23)5-7-22-10-21-15-13(16(22)24)6-8-26-15/h1-4,6,8,10H,5,7,9H2. The molecule has 0 spiro atoms. The average molecular weight is 382 g/mol. The molecule has 0 N–H and O–H groups in total. The van der Waals surface area contributed by atoms with Gasteiger partial charge in [0.15, 0.2) is 0 Å². The number of hydrogen-bond donors (Lipinski definition) is 0. The van der Waals surface area contributed by atoms with Gasteiger partial charge in [0.1, 0.15) is 11.4 Å². The third-order valence-electron chi connectivity index (χ3n) is 3.69. The fourth-order valence-corrected chi connectivity index (χ4v) is 3.01. The maximum atomic E-state index is 12.5. The highest BCUT2D eigenvalue weighted by Crippen LogP contribution is 2.29. The maximum Gasteiger partial charge on any atom is 0.416 e. The molecule has 0 saturated heterocycles. The first kappa shape index (κ1) is 18.1. The highest BCUT2D eigenvalue weighted by Gasteiger charge is 2.29. The van der Waals surface area contributed by atoms with Crippen molar-refractivity contribution in [1.82, 2.24) is 9.55 Å². The molecule has 0 radical (unpaired) electrons. The summed E-state index contributed by atoms with van der Waals surface area (Å²) < 4.78 is 43.8. The Morgan fingerprint density at radius 3 is 2.62 bits per heavy atom. The molecule has 0 atom stereocenters. The molecule has 9 heteroatoms. The van der Waals surface area contributed by atoms with Crippen molar-refractivity contribution in [2.75, 3.05) is 0 Å². The van der Waals surface area contributed by atoms with E-state index in [1.165, 1.54) is 34.4 Å². The van der Waals surface area contributed by atoms with Gasteiger partial charge in [-0.05, 0) is 29.1 Å². The highest BCUT2D eigenvalue weighted by molar-refractivity contribution is 7.16. The third-order valence-corrected chi connectivity index (χ3v) is 4.51. The van der Waals surface area contributed by atoms with Gasteiger partial charge < -0.3 is 4.74 Å². The van der Waals surface area contributed by atoms with Crippen LogP contribution in [0.15, 0.2) is 46.8 Å². The van der Waals surface area contributed by atoms with Gasteiger partial charge in [-0.15, -0.1) is 11.3 Å². The lowest BCUT2D eigenvalue weighted by Crippen LogP contribution is -2.21. The van der Waals surface area contributed by atoms with Crippen molar-refractivity contribution in [3.8, 4) is 0 Å². The number of rotatable bonds is 5. The number of thiophene rings is 1. The number of hydrogen-bond acceptors (Lipinski definition) is 5. The van der Waals surface area contributed by atoms with Crippen LogP contribution in [0.5, 0.6) is 0 Å². The van der Waals surface area contributed by atoms with Crippen molar-refractivity contribution in [2.45, 2.75) is 25.7 Å². The van der Waals surface area contributed by atoms with Crippen LogP contribution in [0, 0.1) is 0 Å². The summed E-state index contributed by atoms with van der Waals surface area (Å²) in [5.41, 5.74) is -0.542. The zero-order valence-electron chi connectivity index (χ0n) is 13.3. The molecule has 0 aliphatic carbocycles. The van der Waals surface area contributed by atoms with Gasteiger partial charge in [-0.25, -0.2) is 4.98 Å². The molecule has 0 aliphatic heterocycles. The van der Waals surface area contributed by atoms with E-state index in [-0.39, 0.29) is 25.1 Å². The van der Waals surface area contributed by atoms with E-state index in [1.54, 1.807) is 11.4 Å². The molecule has 2 heterocycles. The summed E-state index contributed by atoms with van der Waals surface area (Å²) in [4.78, 5) is 28.8. The summed E-state index contributed by atoms with van der Waals surface area (Å²) >= 11 is 1.36. The van der Waals surface area contributed by atoms with Gasteiger partial charge in [-0.2, -0.15) is 13.2 Å². The van der Waals surface area contributed by atoms with Crippen molar-refractivity contribution < 1.29 is 22.7 Å². The summed E-state index contributed by atoms with van der Waals surface area (Å²) in [6.45, 7) is -0.0167. The molecule has 0 fully saturated rings. The van der Waals surface area contributed by atoms with Crippen LogP contribution >= 0.6 is 11.3 Å². The van der Waals surface area contributed by atoms with Crippen LogP contribution in [0.1, 0.15) is 17.5 Å². The number of benzene rings is 1. The number of aromatic nitrogens is 2. The largest absolute Gasteiger partial charge is 0.461 e. The Bertz CT molecular complexity index is 977. The monoisotopic (exact) mass is 382 g/mol. The molecule has 0 bridgehead atoms. The number of fused-ring (bicyclic) bond motifs is 1. The second-order valence-electron chi connectivity index (χ2n) is 5.49. The summed E-state index contributed by atoms with van der Waals surface area (Å²) in [6.07, 6.45) is -3.07. The Morgan fingerprint density at radius 2 is 1.92 bits per heavy atom. The molecule has 5 nitrogen and oxygen atoms in total. The third kappa shape index (κ3) is 4.10. The van der Waals surface area contributed by atoms with Crippen LogP contribution in [-0.4, -0.2) is 15.5 Å². The molecule has 136 valence electrons. The number of halogens is 3. The first-order valence-corrected chi connectivity index (χ1v) is 8.47. The lowest BCUT2D eigenvalue weighted by atomic mass is 10.1. The summed E-state index contributed by atoms with van der Waals surface area (Å²) in [7, 11) is 0. The summed E-state index contributed by atoms with van der Waals surface area (Å²) in [5, 5.41) is 2.26. The fourth-order valence-electron chi connectivity index (χ4n) is 2.29. The quantitative estimate of drug-likeness (QED) is 0.633. The molecule has 0 aliphatic rings. The minimum Gasteiger partial charge on any atom is -0.461 e. The number of ether oxygens (including phenoxy) is 1. The average Bonchev–Trinajstić information content (AvgIpc) is 3.08. The van der Waals surface area contributed by atoms with E-state index in [4.69, 9.17) is 4.74 Å². The predicted molar refractivity (Wildman–Crippen MR) is 89.7 cm³/mol. The van der Waals surface area contributed by atoms with E-state index in [0.29, 0.717) is 15.8 Å². The molecule has 2 aromatic heterocycles. The molecule has 3 aromatic rings. The normalized spacial score (nSPS) is 11.7. The zero-order chi connectivity index (χ0) is 18.7. The van der Waals surface area contributed by atoms with Gasteiger partial charge in [-0.1, -0.05) is 12.1 Å². The smallest absolute Gasteiger partial charge is 0.416 e. The van der Waals surface area contributed by atoms with Gasteiger partial charge in [-0.3, -0.25) is 14.2 Å². The van der Waals surface area contributed by atoms with Gasteiger partial charge >= 0.3 is 12.1 Å². The van der Waals surface area contributed by atoms with E-state index in [9.17, 15) is 22.8 Å². The Balaban J connectivity index is 1.54. The van der Waals surface area contributed by atoms with E-state index >= 15 is 0 Å². The van der Waals surface area contributed by atoms with E-state index in [0.717, 1.165) is 12.1 Å². The summed E-state index contributed by atoms with van der Waals surface area (Å²) in [6, 6.07) is 6.06. The number of carbonyl (C=O) groups excluding carboxylic acids is 1. The molecular weight excluding hydrogens is 369 g/mol. The van der Waals surface area contributed by atoms with Gasteiger partial charge in [0.05, 0.1) is 23.7 Å². The van der Waals surface area contributed by atoms with Crippen molar-refractivity contribution in [1.29, 1.82) is 0 Å². The minimum atomic E-state index is -4.40. The van der Waals surface area contributed by atoms with Crippen molar-refractivity contribution >= 4 is 27.5 Å². The number of nitrogens with zero attached hydrogens (tertiary/aromatic N) is 2. The predicted octanol–water partition coefficient (Wildman–Crippen LogP) is 3.61. The topological polar surface area (TPSA) is 61.2 Å². The molecular formula is C17H13F3N2O3S. The van der Waals surface area contributed by atoms with Crippen LogP contribution in [0.2, 0.25) is 0 Å². The Kier molecular flexibility index (Phi) is 5.08. The Hall–Kier alpha value is -2.68. The zero-order valence-corrected chi connectivity index (χ0v) is 14.1. The van der Waals surface area contributed by atoms with Gasteiger partial charge in [0.2, 0.25) is 0 Å². The lowest BCUT2D eigenvalue weighted by Gasteiger charge is -2.09. The van der Waals surface area contributed by atoms with E-state index < -0.39 is 17.7 Å². The minimum absolute atomic E-state index is 0.0438. The number of alkyl halides is 3. The molecule has 3 rings (SSSR count). The SMILES string of the molecule is O=C(CCn1cnc2sccc2c1=O)OCc1ccc(C(F)(F)F)cc1. The molecule has 0 saturated carbocycles. The molecule has 26 heavy (non-hydrogen) atoms. The Labute approximate surface area is 149 Å². The van der Waals surface area contributed by atoms with Crippen LogP contribution in [-0.2, 0) is 28.9 Å². The molecule has 0 amide bonds. The number of aryl methyl sites for hydroxylation is 1. The van der Waals surface area contributed by atoms with Crippen LogP contribution in [0.4, 0.5) is 13.2 Å². The highest BCUT2D eigenvalue weighted by atomic mass is 32.1. The van der Waals surface area contributed by atoms with Crippen LogP contribution in [0.3, 0.4) is 0 Å². The number of carbonyl (C=O) groups is 1. The van der Waals surface area contributed by atoms with Crippen LogP contribution < -0.4 is 5.56 Å². The fraction of sp³-hybridized carbons (Fsp3) is 0.235. The summed E-state index contributed by atoms with van der Waals surface area (Å²) in [5.74, 6) is -0.554. The lowest BCUT2D eigenvalue weighted by molar-refractivity contribution is -0.145. The maximum absolute atomic E-state index is 12.5. The molecule has 0 unspecified atom stereocenters. The van der Waals surface area contributed by atoms with Crippen LogP contribution in [0.25, 0.3) is 10.2 Å². The second kappa shape index (κ2) is 7.28. The Morgan fingerprint density at radius 1 is 1.19 bits per heavy atom. The van der Waals surface area contributed by atoms with Crippen molar-refractivity contribution in [3.63, 3.8) is 0 Å². The van der Waals surface area contributed by atoms with Gasteiger partial charge in [0, 0.05) is 6.54 Å². The molecule has 1 aromatic carbocycles. The van der Waals surface area contributed by atoms with E-state index in [2.05, 4.69) is 4.98 Å². The number of esters is 1. The first-order valence-electron chi connectivity index (χ1n) is 7.59.